The van der Waals surface area contributed by atoms with Crippen molar-refractivity contribution in [1.29, 1.82) is 0 Å². The first-order valence-electron chi connectivity index (χ1n) is 10.2. The Bertz CT molecular complexity index is 1140. The maximum atomic E-state index is 12.3. The first-order valence-corrected chi connectivity index (χ1v) is 10.2. The number of hydrogen-bond donors (Lipinski definition) is 2. The van der Waals surface area contributed by atoms with Crippen LogP contribution in [-0.4, -0.2) is 39.2 Å². The van der Waals surface area contributed by atoms with E-state index in [1.807, 2.05) is 42.8 Å². The summed E-state index contributed by atoms with van der Waals surface area (Å²) in [4.78, 5) is 27.9. The highest BCUT2D eigenvalue weighted by Gasteiger charge is 2.26. The Morgan fingerprint density at radius 1 is 1.26 bits per heavy atom. The van der Waals surface area contributed by atoms with Gasteiger partial charge in [0.25, 0.3) is 0 Å². The molecule has 1 aromatic carbocycles. The van der Waals surface area contributed by atoms with E-state index in [1.54, 1.807) is 12.3 Å². The predicted molar refractivity (Wildman–Crippen MR) is 116 cm³/mol. The van der Waals surface area contributed by atoms with Crippen molar-refractivity contribution in [3.8, 4) is 16.9 Å². The highest BCUT2D eigenvalue weighted by atomic mass is 16.5. The van der Waals surface area contributed by atoms with Gasteiger partial charge < -0.3 is 15.8 Å². The summed E-state index contributed by atoms with van der Waals surface area (Å²) in [5, 5.41) is 7.34. The first-order chi connectivity index (χ1) is 14.9. The predicted octanol–water partition coefficient (Wildman–Crippen LogP) is 2.17. The van der Waals surface area contributed by atoms with E-state index in [4.69, 9.17) is 10.5 Å². The number of carbonyl (C=O) groups excluding carboxylic acids is 2. The number of pyridine rings is 1. The Kier molecular flexibility index (Phi) is 5.70. The zero-order valence-electron chi connectivity index (χ0n) is 17.6. The van der Waals surface area contributed by atoms with Crippen LogP contribution in [0.2, 0.25) is 0 Å². The topological polar surface area (TPSA) is 112 Å². The van der Waals surface area contributed by atoms with E-state index in [0.29, 0.717) is 31.5 Å². The number of fused-ring (bicyclic) bond motifs is 1. The second-order valence-corrected chi connectivity index (χ2v) is 7.77. The smallest absolute Gasteiger partial charge is 0.250 e. The number of primary amides is 1. The molecule has 8 nitrogen and oxygen atoms in total. The van der Waals surface area contributed by atoms with E-state index < -0.39 is 5.91 Å². The van der Waals surface area contributed by atoms with Crippen molar-refractivity contribution in [2.75, 3.05) is 6.54 Å². The molecule has 1 aliphatic heterocycles. The van der Waals surface area contributed by atoms with Gasteiger partial charge in [0.15, 0.2) is 0 Å². The number of nitrogens with two attached hydrogens (primary N) is 1. The third kappa shape index (κ3) is 4.58. The molecule has 4 rings (SSSR count). The van der Waals surface area contributed by atoms with Gasteiger partial charge >= 0.3 is 0 Å². The maximum absolute atomic E-state index is 12.3. The highest BCUT2D eigenvalue weighted by molar-refractivity contribution is 5.94. The van der Waals surface area contributed by atoms with Crippen molar-refractivity contribution in [3.05, 3.63) is 65.2 Å². The second-order valence-electron chi connectivity index (χ2n) is 7.77. The summed E-state index contributed by atoms with van der Waals surface area (Å²) in [6.07, 6.45) is 4.03. The third-order valence-corrected chi connectivity index (χ3v) is 5.34. The van der Waals surface area contributed by atoms with E-state index in [9.17, 15) is 9.59 Å². The molecule has 0 spiro atoms. The molecular formula is C23H25N5O3. The summed E-state index contributed by atoms with van der Waals surface area (Å²) in [6.45, 7) is 4.88. The van der Waals surface area contributed by atoms with Crippen LogP contribution in [0.15, 0.2) is 42.7 Å². The lowest BCUT2D eigenvalue weighted by Gasteiger charge is -2.14. The van der Waals surface area contributed by atoms with Crippen molar-refractivity contribution in [2.45, 2.75) is 39.3 Å². The summed E-state index contributed by atoms with van der Waals surface area (Å²) < 4.78 is 8.00. The SMILES string of the molecule is Cc1cc(C)n(CCC(=O)NC[C@@H]2Cc3cccc(-c4cncc(C(N)=O)c4)c3O2)n1. The fourth-order valence-corrected chi connectivity index (χ4v) is 3.83. The van der Waals surface area contributed by atoms with Crippen molar-refractivity contribution in [3.63, 3.8) is 0 Å². The number of aromatic nitrogens is 3. The number of para-hydroxylation sites is 1. The summed E-state index contributed by atoms with van der Waals surface area (Å²) in [7, 11) is 0. The van der Waals surface area contributed by atoms with Crippen LogP contribution >= 0.6 is 0 Å². The Labute approximate surface area is 180 Å². The molecule has 0 radical (unpaired) electrons. The molecule has 31 heavy (non-hydrogen) atoms. The first kappa shape index (κ1) is 20.6. The average Bonchev–Trinajstić information content (AvgIpc) is 3.32. The van der Waals surface area contributed by atoms with Crippen LogP contribution in [0.25, 0.3) is 11.1 Å². The van der Waals surface area contributed by atoms with Gasteiger partial charge in [-0.3, -0.25) is 19.3 Å². The number of hydrogen-bond acceptors (Lipinski definition) is 5. The van der Waals surface area contributed by atoms with Gasteiger partial charge in [-0.1, -0.05) is 18.2 Å². The zero-order valence-corrected chi connectivity index (χ0v) is 17.6. The zero-order chi connectivity index (χ0) is 22.0. The van der Waals surface area contributed by atoms with Gasteiger partial charge in [0.1, 0.15) is 11.9 Å². The van der Waals surface area contributed by atoms with E-state index in [0.717, 1.165) is 33.8 Å². The van der Waals surface area contributed by atoms with Crippen molar-refractivity contribution >= 4 is 11.8 Å². The van der Waals surface area contributed by atoms with Gasteiger partial charge in [0, 0.05) is 48.6 Å². The molecule has 0 aliphatic carbocycles. The minimum absolute atomic E-state index is 0.0364. The summed E-state index contributed by atoms with van der Waals surface area (Å²) in [5.41, 5.74) is 10.4. The van der Waals surface area contributed by atoms with E-state index in [-0.39, 0.29) is 12.0 Å². The molecule has 3 heterocycles. The standard InChI is InChI=1S/C23H25N5O3/c1-14-8-15(2)28(27-14)7-6-21(29)26-13-19-10-16-4-3-5-20(22(16)31-19)17-9-18(23(24)30)12-25-11-17/h3-5,8-9,11-12,19H,6-7,10,13H2,1-2H3,(H2,24,30)(H,26,29)/t19-/m0/s1. The van der Waals surface area contributed by atoms with Crippen LogP contribution in [0.1, 0.15) is 33.7 Å². The molecule has 3 aromatic rings. The Morgan fingerprint density at radius 2 is 2.10 bits per heavy atom. The van der Waals surface area contributed by atoms with Crippen LogP contribution in [0.4, 0.5) is 0 Å². The van der Waals surface area contributed by atoms with Crippen LogP contribution < -0.4 is 15.8 Å². The molecule has 0 unspecified atom stereocenters. The number of benzene rings is 1. The Balaban J connectivity index is 1.37. The highest BCUT2D eigenvalue weighted by Crippen LogP contribution is 2.38. The molecule has 0 fully saturated rings. The van der Waals surface area contributed by atoms with E-state index in [1.165, 1.54) is 6.20 Å². The van der Waals surface area contributed by atoms with Crippen molar-refractivity contribution in [1.82, 2.24) is 20.1 Å². The molecular weight excluding hydrogens is 394 g/mol. The van der Waals surface area contributed by atoms with Gasteiger partial charge in [-0.05, 0) is 31.5 Å². The van der Waals surface area contributed by atoms with E-state index in [2.05, 4.69) is 15.4 Å². The number of carbonyl (C=O) groups is 2. The monoisotopic (exact) mass is 419 g/mol. The number of nitrogens with zero attached hydrogens (tertiary/aromatic N) is 3. The lowest BCUT2D eigenvalue weighted by molar-refractivity contribution is -0.121. The molecule has 3 N–H and O–H groups in total. The molecule has 2 aromatic heterocycles. The van der Waals surface area contributed by atoms with Gasteiger partial charge in [-0.2, -0.15) is 5.10 Å². The summed E-state index contributed by atoms with van der Waals surface area (Å²) >= 11 is 0. The summed E-state index contributed by atoms with van der Waals surface area (Å²) in [5.74, 6) is 0.197. The summed E-state index contributed by atoms with van der Waals surface area (Å²) in [6, 6.07) is 9.59. The molecule has 2 amide bonds. The van der Waals surface area contributed by atoms with Gasteiger partial charge in [-0.15, -0.1) is 0 Å². The second kappa shape index (κ2) is 8.59. The fraction of sp³-hybridized carbons (Fsp3) is 0.304. The molecule has 1 atom stereocenters. The lowest BCUT2D eigenvalue weighted by Crippen LogP contribution is -2.34. The number of amides is 2. The number of rotatable bonds is 7. The van der Waals surface area contributed by atoms with Gasteiger partial charge in [-0.25, -0.2) is 0 Å². The van der Waals surface area contributed by atoms with Gasteiger partial charge in [0.05, 0.1) is 17.8 Å². The third-order valence-electron chi connectivity index (χ3n) is 5.34. The number of nitrogens with one attached hydrogen (secondary N) is 1. The minimum atomic E-state index is -0.524. The van der Waals surface area contributed by atoms with Crippen molar-refractivity contribution in [2.24, 2.45) is 5.73 Å². The van der Waals surface area contributed by atoms with Crippen LogP contribution in [0.5, 0.6) is 5.75 Å². The molecule has 0 saturated heterocycles. The average molecular weight is 419 g/mol. The Morgan fingerprint density at radius 3 is 2.84 bits per heavy atom. The molecule has 160 valence electrons. The minimum Gasteiger partial charge on any atom is -0.487 e. The van der Waals surface area contributed by atoms with Crippen LogP contribution in [0, 0.1) is 13.8 Å². The molecule has 0 bridgehead atoms. The molecule has 1 aliphatic rings. The van der Waals surface area contributed by atoms with Crippen molar-refractivity contribution < 1.29 is 14.3 Å². The van der Waals surface area contributed by atoms with Crippen LogP contribution in [-0.2, 0) is 17.8 Å². The Hall–Kier alpha value is -3.68. The molecule has 0 saturated carbocycles. The van der Waals surface area contributed by atoms with Crippen LogP contribution in [0.3, 0.4) is 0 Å². The normalized spacial score (nSPS) is 14.7. The fourth-order valence-electron chi connectivity index (χ4n) is 3.83. The number of ether oxygens (including phenoxy) is 1. The molecule has 8 heteroatoms. The largest absolute Gasteiger partial charge is 0.487 e. The maximum Gasteiger partial charge on any atom is 0.250 e. The lowest BCUT2D eigenvalue weighted by atomic mass is 10.0. The number of aryl methyl sites for hydroxylation is 3. The quantitative estimate of drug-likeness (QED) is 0.610. The van der Waals surface area contributed by atoms with E-state index >= 15 is 0 Å². The van der Waals surface area contributed by atoms with Gasteiger partial charge in [0.2, 0.25) is 11.8 Å².